The number of anilines is 2. The van der Waals surface area contributed by atoms with Gasteiger partial charge in [0.2, 0.25) is 0 Å². The van der Waals surface area contributed by atoms with Gasteiger partial charge in [-0.25, -0.2) is 4.98 Å². The summed E-state index contributed by atoms with van der Waals surface area (Å²) in [6, 6.07) is 0.519. The van der Waals surface area contributed by atoms with Crippen molar-refractivity contribution in [3.05, 3.63) is 17.0 Å². The summed E-state index contributed by atoms with van der Waals surface area (Å²) in [5.41, 5.74) is 5.83. The quantitative estimate of drug-likeness (QED) is 0.728. The molecule has 0 saturated heterocycles. The average Bonchev–Trinajstić information content (AvgIpc) is 3.19. The van der Waals surface area contributed by atoms with Gasteiger partial charge < -0.3 is 16.4 Å². The molecule has 1 aromatic rings. The first-order valence-electron chi connectivity index (χ1n) is 7.18. The molecule has 1 heterocycles. The lowest BCUT2D eigenvalue weighted by Crippen LogP contribution is -2.29. The van der Waals surface area contributed by atoms with Gasteiger partial charge in [0, 0.05) is 12.6 Å². The number of nitrogens with one attached hydrogen (secondary N) is 2. The van der Waals surface area contributed by atoms with Crippen molar-refractivity contribution in [1.29, 1.82) is 0 Å². The molecule has 0 spiro atoms. The summed E-state index contributed by atoms with van der Waals surface area (Å²) in [6.45, 7) is 0.714. The van der Waals surface area contributed by atoms with E-state index in [1.807, 2.05) is 0 Å². The lowest BCUT2D eigenvalue weighted by molar-refractivity contribution is 0.0951. The molecule has 3 rings (SSSR count). The Morgan fingerprint density at radius 3 is 2.95 bits per heavy atom. The van der Waals surface area contributed by atoms with Crippen LogP contribution in [0.25, 0.3) is 0 Å². The number of carbonyl (C=O) groups excluding carboxylic acids is 1. The summed E-state index contributed by atoms with van der Waals surface area (Å²) in [5, 5.41) is 7.02. The number of hydrogen-bond acceptors (Lipinski definition) is 5. The molecule has 0 aliphatic heterocycles. The largest absolute Gasteiger partial charge is 0.382 e. The van der Waals surface area contributed by atoms with Gasteiger partial charge in [0.15, 0.2) is 5.13 Å². The second-order valence-corrected chi connectivity index (χ2v) is 6.51. The van der Waals surface area contributed by atoms with E-state index in [2.05, 4.69) is 27.8 Å². The third-order valence-electron chi connectivity index (χ3n) is 3.69. The number of aromatic nitrogens is 1. The minimum atomic E-state index is -0.0987. The maximum absolute atomic E-state index is 12.2. The zero-order valence-corrected chi connectivity index (χ0v) is 12.2. The van der Waals surface area contributed by atoms with Gasteiger partial charge in [-0.2, -0.15) is 0 Å². The van der Waals surface area contributed by atoms with Crippen molar-refractivity contribution in [2.24, 2.45) is 5.92 Å². The molecule has 0 radical (unpaired) electrons. The van der Waals surface area contributed by atoms with E-state index >= 15 is 0 Å². The van der Waals surface area contributed by atoms with E-state index in [9.17, 15) is 4.79 Å². The highest BCUT2D eigenvalue weighted by atomic mass is 32.1. The molecule has 1 saturated carbocycles. The molecule has 108 valence electrons. The number of nitrogens with two attached hydrogens (primary N) is 1. The number of hydrogen-bond donors (Lipinski definition) is 3. The molecule has 2 aliphatic carbocycles. The zero-order chi connectivity index (χ0) is 13.9. The van der Waals surface area contributed by atoms with E-state index in [-0.39, 0.29) is 5.91 Å². The van der Waals surface area contributed by atoms with Crippen LogP contribution in [0.15, 0.2) is 12.2 Å². The number of amides is 1. The summed E-state index contributed by atoms with van der Waals surface area (Å²) in [7, 11) is 0. The minimum Gasteiger partial charge on any atom is -0.382 e. The Morgan fingerprint density at radius 1 is 1.40 bits per heavy atom. The topological polar surface area (TPSA) is 80.0 Å². The van der Waals surface area contributed by atoms with Crippen molar-refractivity contribution in [2.45, 2.75) is 38.1 Å². The van der Waals surface area contributed by atoms with E-state index in [0.717, 1.165) is 24.4 Å². The summed E-state index contributed by atoms with van der Waals surface area (Å²) in [4.78, 5) is 16.9. The van der Waals surface area contributed by atoms with Crippen molar-refractivity contribution in [2.75, 3.05) is 17.6 Å². The van der Waals surface area contributed by atoms with Crippen LogP contribution in [0.1, 0.15) is 41.8 Å². The molecular formula is C14H20N4OS. The fourth-order valence-corrected chi connectivity index (χ4v) is 3.20. The van der Waals surface area contributed by atoms with Crippen LogP contribution < -0.4 is 16.4 Å². The fourth-order valence-electron chi connectivity index (χ4n) is 2.32. The lowest BCUT2D eigenvalue weighted by Gasteiger charge is -2.17. The number of allylic oxidation sites excluding steroid dienone is 2. The Kier molecular flexibility index (Phi) is 3.91. The number of rotatable bonds is 5. The Morgan fingerprint density at radius 2 is 2.25 bits per heavy atom. The standard InChI is InChI=1S/C14H20N4OS/c15-12-11(20-14(18-12)17-10-6-7-10)13(19)16-8-9-4-2-1-3-5-9/h1-2,9-10H,3-8,15H2,(H,16,19)(H,17,18). The van der Waals surface area contributed by atoms with E-state index in [4.69, 9.17) is 5.73 Å². The molecule has 0 bridgehead atoms. The first-order valence-corrected chi connectivity index (χ1v) is 8.00. The predicted molar refractivity (Wildman–Crippen MR) is 82.0 cm³/mol. The van der Waals surface area contributed by atoms with Crippen LogP contribution in [0.2, 0.25) is 0 Å². The predicted octanol–water partition coefficient (Wildman–Crippen LogP) is 2.39. The molecule has 1 fully saturated rings. The van der Waals surface area contributed by atoms with Gasteiger partial charge >= 0.3 is 0 Å². The van der Waals surface area contributed by atoms with Crippen LogP contribution in [0, 0.1) is 5.92 Å². The molecule has 1 amide bonds. The van der Waals surface area contributed by atoms with E-state index < -0.39 is 0 Å². The van der Waals surface area contributed by atoms with E-state index in [0.29, 0.717) is 29.2 Å². The lowest BCUT2D eigenvalue weighted by atomic mass is 9.94. The van der Waals surface area contributed by atoms with Crippen LogP contribution in [0.4, 0.5) is 10.9 Å². The maximum atomic E-state index is 12.2. The molecule has 0 aromatic carbocycles. The van der Waals surface area contributed by atoms with Crippen LogP contribution in [0.5, 0.6) is 0 Å². The summed E-state index contributed by atoms with van der Waals surface area (Å²) in [5.74, 6) is 0.778. The number of carbonyl (C=O) groups is 1. The van der Waals surface area contributed by atoms with Gasteiger partial charge in [-0.05, 0) is 38.0 Å². The Hall–Kier alpha value is -1.56. The van der Waals surface area contributed by atoms with Crippen LogP contribution in [-0.2, 0) is 0 Å². The highest BCUT2D eigenvalue weighted by Crippen LogP contribution is 2.30. The summed E-state index contributed by atoms with van der Waals surface area (Å²) >= 11 is 1.35. The van der Waals surface area contributed by atoms with Crippen LogP contribution >= 0.6 is 11.3 Å². The third kappa shape index (κ3) is 3.30. The van der Waals surface area contributed by atoms with E-state index in [1.54, 1.807) is 0 Å². The van der Waals surface area contributed by atoms with Crippen molar-refractivity contribution >= 4 is 28.2 Å². The Bertz CT molecular complexity index is 521. The van der Waals surface area contributed by atoms with Gasteiger partial charge in [-0.15, -0.1) is 0 Å². The fraction of sp³-hybridized carbons (Fsp3) is 0.571. The SMILES string of the molecule is Nc1nc(NC2CC2)sc1C(=O)NCC1CC=CCC1. The molecule has 5 nitrogen and oxygen atoms in total. The molecule has 6 heteroatoms. The van der Waals surface area contributed by atoms with Gasteiger partial charge in [0.1, 0.15) is 10.7 Å². The minimum absolute atomic E-state index is 0.0987. The Balaban J connectivity index is 1.55. The normalized spacial score (nSPS) is 21.7. The molecular weight excluding hydrogens is 272 g/mol. The second kappa shape index (κ2) is 5.83. The third-order valence-corrected chi connectivity index (χ3v) is 4.69. The summed E-state index contributed by atoms with van der Waals surface area (Å²) in [6.07, 6.45) is 10.1. The van der Waals surface area contributed by atoms with Crippen LogP contribution in [-0.4, -0.2) is 23.5 Å². The van der Waals surface area contributed by atoms with Crippen molar-refractivity contribution in [3.63, 3.8) is 0 Å². The van der Waals surface area contributed by atoms with Gasteiger partial charge in [-0.3, -0.25) is 4.79 Å². The number of thiazole rings is 1. The molecule has 20 heavy (non-hydrogen) atoms. The zero-order valence-electron chi connectivity index (χ0n) is 11.4. The smallest absolute Gasteiger partial charge is 0.265 e. The van der Waals surface area contributed by atoms with Gasteiger partial charge in [0.05, 0.1) is 0 Å². The average molecular weight is 292 g/mol. The number of nitrogens with zero attached hydrogens (tertiary/aromatic N) is 1. The monoisotopic (exact) mass is 292 g/mol. The number of nitrogen functional groups attached to an aromatic ring is 1. The van der Waals surface area contributed by atoms with Gasteiger partial charge in [-0.1, -0.05) is 23.5 Å². The summed E-state index contributed by atoms with van der Waals surface area (Å²) < 4.78 is 0. The second-order valence-electron chi connectivity index (χ2n) is 5.51. The van der Waals surface area contributed by atoms with Gasteiger partial charge in [0.25, 0.3) is 5.91 Å². The molecule has 2 aliphatic rings. The molecule has 1 unspecified atom stereocenters. The molecule has 4 N–H and O–H groups in total. The van der Waals surface area contributed by atoms with E-state index in [1.165, 1.54) is 24.2 Å². The molecule has 1 atom stereocenters. The molecule has 1 aromatic heterocycles. The first-order chi connectivity index (χ1) is 9.72. The van der Waals surface area contributed by atoms with Crippen molar-refractivity contribution in [3.8, 4) is 0 Å². The Labute approximate surface area is 122 Å². The highest BCUT2D eigenvalue weighted by Gasteiger charge is 2.24. The van der Waals surface area contributed by atoms with Crippen molar-refractivity contribution in [1.82, 2.24) is 10.3 Å². The van der Waals surface area contributed by atoms with Crippen LogP contribution in [0.3, 0.4) is 0 Å². The van der Waals surface area contributed by atoms with Crippen molar-refractivity contribution < 1.29 is 4.79 Å². The highest BCUT2D eigenvalue weighted by molar-refractivity contribution is 7.18. The first kappa shape index (κ1) is 13.4. The maximum Gasteiger partial charge on any atom is 0.265 e.